The van der Waals surface area contributed by atoms with Crippen molar-refractivity contribution >= 4 is 28.9 Å². The zero-order valence-corrected chi connectivity index (χ0v) is 15.0. The standard InChI is InChI=1S/C17H22N4O5/c1-17(2,3)26-16(22)20-7-6-11(10-20)9-18-15-19-13-8-12(21(23)24)4-5-14(13)25-15/h4-5,8,11H,6-7,9-10H2,1-3H3,(H,18,19). The number of hydrogen-bond acceptors (Lipinski definition) is 7. The van der Waals surface area contributed by atoms with E-state index in [4.69, 9.17) is 9.15 Å². The number of non-ortho nitro benzene ring substituents is 1. The van der Waals surface area contributed by atoms with Crippen molar-refractivity contribution in [3.8, 4) is 0 Å². The van der Waals surface area contributed by atoms with Gasteiger partial charge >= 0.3 is 6.09 Å². The summed E-state index contributed by atoms with van der Waals surface area (Å²) in [6, 6.07) is 4.61. The van der Waals surface area contributed by atoms with Gasteiger partial charge in [0, 0.05) is 31.8 Å². The Hall–Kier alpha value is -2.84. The first-order valence-electron chi connectivity index (χ1n) is 8.48. The normalized spacial score (nSPS) is 17.5. The van der Waals surface area contributed by atoms with Crippen LogP contribution in [0.5, 0.6) is 0 Å². The van der Waals surface area contributed by atoms with Crippen LogP contribution in [0.3, 0.4) is 0 Å². The van der Waals surface area contributed by atoms with Gasteiger partial charge in [-0.3, -0.25) is 10.1 Å². The van der Waals surface area contributed by atoms with Crippen LogP contribution in [0.25, 0.3) is 11.1 Å². The van der Waals surface area contributed by atoms with E-state index >= 15 is 0 Å². The summed E-state index contributed by atoms with van der Waals surface area (Å²) < 4.78 is 10.9. The second-order valence-electron chi connectivity index (χ2n) is 7.39. The van der Waals surface area contributed by atoms with Crippen LogP contribution >= 0.6 is 0 Å². The topological polar surface area (TPSA) is 111 Å². The van der Waals surface area contributed by atoms with Crippen molar-refractivity contribution in [1.29, 1.82) is 0 Å². The molecule has 26 heavy (non-hydrogen) atoms. The molecule has 0 saturated carbocycles. The van der Waals surface area contributed by atoms with Crippen molar-refractivity contribution in [2.45, 2.75) is 32.8 Å². The van der Waals surface area contributed by atoms with Gasteiger partial charge in [0.05, 0.1) is 4.92 Å². The molecule has 1 aliphatic heterocycles. The van der Waals surface area contributed by atoms with E-state index in [2.05, 4.69) is 10.3 Å². The highest BCUT2D eigenvalue weighted by Gasteiger charge is 2.29. The first-order chi connectivity index (χ1) is 12.2. The van der Waals surface area contributed by atoms with E-state index in [9.17, 15) is 14.9 Å². The zero-order valence-electron chi connectivity index (χ0n) is 15.0. The van der Waals surface area contributed by atoms with Crippen LogP contribution in [0.1, 0.15) is 27.2 Å². The maximum atomic E-state index is 12.1. The van der Waals surface area contributed by atoms with Crippen LogP contribution in [-0.4, -0.2) is 46.1 Å². The second kappa shape index (κ2) is 6.81. The average Bonchev–Trinajstić information content (AvgIpc) is 3.17. The van der Waals surface area contributed by atoms with Gasteiger partial charge in [-0.15, -0.1) is 0 Å². The number of hydrogen-bond donors (Lipinski definition) is 1. The van der Waals surface area contributed by atoms with Crippen LogP contribution in [-0.2, 0) is 4.74 Å². The highest BCUT2D eigenvalue weighted by atomic mass is 16.6. The second-order valence-corrected chi connectivity index (χ2v) is 7.39. The lowest BCUT2D eigenvalue weighted by atomic mass is 10.1. The van der Waals surface area contributed by atoms with Gasteiger partial charge in [-0.25, -0.2) is 4.79 Å². The molecule has 0 bridgehead atoms. The lowest BCUT2D eigenvalue weighted by Crippen LogP contribution is -2.35. The van der Waals surface area contributed by atoms with Gasteiger partial charge in [-0.2, -0.15) is 4.98 Å². The predicted molar refractivity (Wildman–Crippen MR) is 95.1 cm³/mol. The molecule has 0 aliphatic carbocycles. The fourth-order valence-corrected chi connectivity index (χ4v) is 2.83. The smallest absolute Gasteiger partial charge is 0.410 e. The molecule has 2 aromatic rings. The molecule has 1 atom stereocenters. The number of nitro benzene ring substituents is 1. The Bertz CT molecular complexity index is 826. The number of carbonyl (C=O) groups is 1. The summed E-state index contributed by atoms with van der Waals surface area (Å²) in [5, 5.41) is 13.9. The summed E-state index contributed by atoms with van der Waals surface area (Å²) in [5.74, 6) is 0.256. The number of anilines is 1. The molecule has 3 rings (SSSR count). The number of carbonyl (C=O) groups excluding carboxylic acids is 1. The lowest BCUT2D eigenvalue weighted by Gasteiger charge is -2.24. The van der Waals surface area contributed by atoms with Gasteiger partial charge in [0.1, 0.15) is 11.1 Å². The minimum atomic E-state index is -0.506. The minimum absolute atomic E-state index is 0.0267. The third-order valence-corrected chi connectivity index (χ3v) is 4.06. The van der Waals surface area contributed by atoms with Gasteiger partial charge in [0.2, 0.25) is 0 Å². The molecule has 1 aliphatic rings. The summed E-state index contributed by atoms with van der Waals surface area (Å²) in [4.78, 5) is 28.4. The van der Waals surface area contributed by atoms with Crippen LogP contribution in [0.15, 0.2) is 22.6 Å². The summed E-state index contributed by atoms with van der Waals surface area (Å²) in [6.07, 6.45) is 0.562. The molecule has 1 unspecified atom stereocenters. The van der Waals surface area contributed by atoms with E-state index in [0.29, 0.717) is 36.7 Å². The van der Waals surface area contributed by atoms with Gasteiger partial charge in [0.15, 0.2) is 5.58 Å². The highest BCUT2D eigenvalue weighted by molar-refractivity contribution is 5.77. The van der Waals surface area contributed by atoms with Crippen molar-refractivity contribution in [3.63, 3.8) is 0 Å². The van der Waals surface area contributed by atoms with Gasteiger partial charge in [-0.05, 0) is 39.2 Å². The van der Waals surface area contributed by atoms with Gasteiger partial charge in [-0.1, -0.05) is 0 Å². The number of ether oxygens (including phenoxy) is 1. The molecule has 1 saturated heterocycles. The van der Waals surface area contributed by atoms with Crippen molar-refractivity contribution < 1.29 is 18.9 Å². The maximum Gasteiger partial charge on any atom is 0.410 e. The molecule has 2 heterocycles. The minimum Gasteiger partial charge on any atom is -0.444 e. The Balaban J connectivity index is 1.56. The number of nitrogens with zero attached hydrogens (tertiary/aromatic N) is 3. The maximum absolute atomic E-state index is 12.1. The Morgan fingerprint density at radius 2 is 2.27 bits per heavy atom. The summed E-state index contributed by atoms with van der Waals surface area (Å²) in [6.45, 7) is 7.38. The lowest BCUT2D eigenvalue weighted by molar-refractivity contribution is -0.384. The largest absolute Gasteiger partial charge is 0.444 e. The van der Waals surface area contributed by atoms with E-state index in [-0.39, 0.29) is 17.7 Å². The molecule has 1 fully saturated rings. The van der Waals surface area contributed by atoms with E-state index in [1.807, 2.05) is 20.8 Å². The van der Waals surface area contributed by atoms with Crippen molar-refractivity contribution in [2.24, 2.45) is 5.92 Å². The number of aromatic nitrogens is 1. The van der Waals surface area contributed by atoms with E-state index in [1.54, 1.807) is 4.90 Å². The molecule has 140 valence electrons. The number of likely N-dealkylation sites (tertiary alicyclic amines) is 1. The molecule has 9 heteroatoms. The Labute approximate surface area is 150 Å². The van der Waals surface area contributed by atoms with E-state index in [1.165, 1.54) is 18.2 Å². The first kappa shape index (κ1) is 18.0. The predicted octanol–water partition coefficient (Wildman–Crippen LogP) is 3.40. The number of rotatable bonds is 4. The third-order valence-electron chi connectivity index (χ3n) is 4.06. The molecule has 1 aromatic heterocycles. The van der Waals surface area contributed by atoms with Crippen molar-refractivity contribution in [3.05, 3.63) is 28.3 Å². The Morgan fingerprint density at radius 3 is 2.96 bits per heavy atom. The zero-order chi connectivity index (χ0) is 18.9. The molecular weight excluding hydrogens is 340 g/mol. The number of benzene rings is 1. The number of amides is 1. The highest BCUT2D eigenvalue weighted by Crippen LogP contribution is 2.25. The van der Waals surface area contributed by atoms with Gasteiger partial charge in [0.25, 0.3) is 11.7 Å². The molecule has 0 radical (unpaired) electrons. The molecule has 9 nitrogen and oxygen atoms in total. The summed E-state index contributed by atoms with van der Waals surface area (Å²) in [7, 11) is 0. The third kappa shape index (κ3) is 4.22. The molecule has 0 spiro atoms. The van der Waals surface area contributed by atoms with Crippen molar-refractivity contribution in [1.82, 2.24) is 9.88 Å². The fraction of sp³-hybridized carbons (Fsp3) is 0.529. The fourth-order valence-electron chi connectivity index (χ4n) is 2.83. The molecule has 1 amide bonds. The van der Waals surface area contributed by atoms with Crippen LogP contribution < -0.4 is 5.32 Å². The number of fused-ring (bicyclic) bond motifs is 1. The van der Waals surface area contributed by atoms with Crippen molar-refractivity contribution in [2.75, 3.05) is 25.0 Å². The first-order valence-corrected chi connectivity index (χ1v) is 8.48. The molecule has 1 aromatic carbocycles. The van der Waals surface area contributed by atoms with Crippen LogP contribution in [0, 0.1) is 16.0 Å². The average molecular weight is 362 g/mol. The van der Waals surface area contributed by atoms with E-state index < -0.39 is 10.5 Å². The van der Waals surface area contributed by atoms with Crippen LogP contribution in [0.2, 0.25) is 0 Å². The SMILES string of the molecule is CC(C)(C)OC(=O)N1CCC(CNc2nc3cc([N+](=O)[O-])ccc3o2)C1. The number of nitro groups is 1. The monoisotopic (exact) mass is 362 g/mol. The Kier molecular flexibility index (Phi) is 4.71. The Morgan fingerprint density at radius 1 is 1.50 bits per heavy atom. The molecule has 1 N–H and O–H groups in total. The molecular formula is C17H22N4O5. The quantitative estimate of drug-likeness (QED) is 0.655. The summed E-state index contributed by atoms with van der Waals surface area (Å²) in [5.41, 5.74) is 0.387. The van der Waals surface area contributed by atoms with E-state index in [0.717, 1.165) is 6.42 Å². The van der Waals surface area contributed by atoms with Gasteiger partial charge < -0.3 is 19.4 Å². The van der Waals surface area contributed by atoms with Crippen LogP contribution in [0.4, 0.5) is 16.5 Å². The summed E-state index contributed by atoms with van der Waals surface area (Å²) >= 11 is 0. The number of nitrogens with one attached hydrogen (secondary N) is 1. The number of oxazole rings is 1.